The summed E-state index contributed by atoms with van der Waals surface area (Å²) in [5.74, 6) is 1.73. The normalized spacial score (nSPS) is 16.2. The van der Waals surface area contributed by atoms with Crippen molar-refractivity contribution in [1.82, 2.24) is 30.1 Å². The fraction of sp³-hybridized carbons (Fsp3) is 0.500. The van der Waals surface area contributed by atoms with Crippen LogP contribution in [0.25, 0.3) is 22.2 Å². The Balaban J connectivity index is 0.00000149. The lowest BCUT2D eigenvalue weighted by Crippen LogP contribution is -2.47. The van der Waals surface area contributed by atoms with E-state index in [1.807, 2.05) is 32.2 Å². The molecule has 4 heterocycles. The van der Waals surface area contributed by atoms with Crippen molar-refractivity contribution in [3.05, 3.63) is 30.6 Å². The number of ether oxygens (including phenoxy) is 2. The molecule has 3 aromatic heterocycles. The van der Waals surface area contributed by atoms with Gasteiger partial charge in [0.1, 0.15) is 17.2 Å². The van der Waals surface area contributed by atoms with E-state index in [4.69, 9.17) is 9.47 Å². The standard InChI is InChI=1S/C24H31N7O3.C2H6.3H2/c1-30-11-13-31(14-12-30)10-9-26-24(32)29-20-6-5-17-18(15-27-22(17)28-20)21-19(34-16-3-4-16)7-8-25-23(21)33-2;1-2;;;/h5-8,15-16H,3-4,9-14H2,1-2H3,(H3,26,27,28,29,32);1-2H3;3*1H. The van der Waals surface area contributed by atoms with Crippen molar-refractivity contribution in [2.45, 2.75) is 32.8 Å². The molecule has 200 valence electrons. The molecule has 1 saturated carbocycles. The Kier molecular flexibility index (Phi) is 8.61. The SMILES string of the molecule is CC.COc1nccc(OC2CC2)c1-c1c[nH]c2nc(NC(=O)NCCN3CCN(C)CC3)ccc12.[HH].[HH].[HH]. The van der Waals surface area contributed by atoms with Crippen LogP contribution in [0, 0.1) is 0 Å². The second kappa shape index (κ2) is 12.0. The van der Waals surface area contributed by atoms with Gasteiger partial charge in [-0.15, -0.1) is 0 Å². The van der Waals surface area contributed by atoms with Gasteiger partial charge < -0.3 is 24.7 Å². The van der Waals surface area contributed by atoms with Crippen molar-refractivity contribution in [3.63, 3.8) is 0 Å². The summed E-state index contributed by atoms with van der Waals surface area (Å²) in [5.41, 5.74) is 2.35. The molecule has 5 rings (SSSR count). The number of aromatic amines is 1. The quantitative estimate of drug-likeness (QED) is 0.422. The van der Waals surface area contributed by atoms with E-state index in [0.29, 0.717) is 23.9 Å². The summed E-state index contributed by atoms with van der Waals surface area (Å²) in [4.78, 5) is 29.2. The summed E-state index contributed by atoms with van der Waals surface area (Å²) in [7, 11) is 3.73. The highest BCUT2D eigenvalue weighted by molar-refractivity contribution is 5.98. The minimum atomic E-state index is -0.262. The van der Waals surface area contributed by atoms with Gasteiger partial charge in [-0.3, -0.25) is 10.2 Å². The third-order valence-corrected chi connectivity index (χ3v) is 6.25. The van der Waals surface area contributed by atoms with Gasteiger partial charge in [0.25, 0.3) is 0 Å². The van der Waals surface area contributed by atoms with Crippen LogP contribution in [0.2, 0.25) is 0 Å². The number of carbonyl (C=O) groups is 1. The lowest BCUT2D eigenvalue weighted by atomic mass is 10.1. The van der Waals surface area contributed by atoms with E-state index in [1.165, 1.54) is 0 Å². The molecule has 0 unspecified atom stereocenters. The molecule has 1 aliphatic carbocycles. The molecule has 2 amide bonds. The number of piperazine rings is 1. The van der Waals surface area contributed by atoms with Crippen LogP contribution in [0.5, 0.6) is 11.6 Å². The van der Waals surface area contributed by atoms with Gasteiger partial charge in [-0.1, -0.05) is 13.8 Å². The number of pyridine rings is 2. The molecule has 1 aliphatic heterocycles. The molecule has 1 saturated heterocycles. The summed E-state index contributed by atoms with van der Waals surface area (Å²) in [5, 5.41) is 6.64. The fourth-order valence-electron chi connectivity index (χ4n) is 4.13. The lowest BCUT2D eigenvalue weighted by molar-refractivity contribution is 0.155. The number of nitrogens with one attached hydrogen (secondary N) is 3. The van der Waals surface area contributed by atoms with Crippen LogP contribution < -0.4 is 20.1 Å². The maximum atomic E-state index is 12.4. The molecule has 10 heteroatoms. The Morgan fingerprint density at radius 2 is 1.97 bits per heavy atom. The van der Waals surface area contributed by atoms with E-state index < -0.39 is 0 Å². The van der Waals surface area contributed by atoms with Crippen molar-refractivity contribution in [3.8, 4) is 22.8 Å². The molecule has 0 aromatic carbocycles. The molecule has 3 N–H and O–H groups in total. The molecule has 2 aliphatic rings. The summed E-state index contributed by atoms with van der Waals surface area (Å²) < 4.78 is 11.6. The molecule has 2 fully saturated rings. The van der Waals surface area contributed by atoms with Crippen molar-refractivity contribution < 1.29 is 18.5 Å². The van der Waals surface area contributed by atoms with Crippen molar-refractivity contribution in [1.29, 1.82) is 0 Å². The maximum Gasteiger partial charge on any atom is 0.320 e. The van der Waals surface area contributed by atoms with Gasteiger partial charge in [0, 0.05) is 66.9 Å². The minimum absolute atomic E-state index is 0. The van der Waals surface area contributed by atoms with E-state index in [1.54, 1.807) is 19.4 Å². The Morgan fingerprint density at radius 1 is 1.19 bits per heavy atom. The zero-order valence-electron chi connectivity index (χ0n) is 21.6. The van der Waals surface area contributed by atoms with E-state index in [2.05, 4.69) is 42.4 Å². The molecular weight excluding hydrogens is 458 g/mol. The van der Waals surface area contributed by atoms with E-state index in [9.17, 15) is 4.79 Å². The van der Waals surface area contributed by atoms with Gasteiger partial charge >= 0.3 is 6.03 Å². The van der Waals surface area contributed by atoms with Gasteiger partial charge in [0.2, 0.25) is 5.88 Å². The summed E-state index contributed by atoms with van der Waals surface area (Å²) in [6.45, 7) is 9.62. The smallest absolute Gasteiger partial charge is 0.320 e. The predicted molar refractivity (Wildman–Crippen MR) is 148 cm³/mol. The van der Waals surface area contributed by atoms with E-state index >= 15 is 0 Å². The number of H-pyrrole nitrogens is 1. The number of aromatic nitrogens is 3. The monoisotopic (exact) mass is 501 g/mol. The van der Waals surface area contributed by atoms with Gasteiger partial charge in [-0.05, 0) is 38.1 Å². The van der Waals surface area contributed by atoms with Crippen LogP contribution in [0.4, 0.5) is 10.6 Å². The van der Waals surface area contributed by atoms with E-state index in [-0.39, 0.29) is 16.4 Å². The Bertz CT molecular complexity index is 1170. The second-order valence-corrected chi connectivity index (χ2v) is 8.83. The highest BCUT2D eigenvalue weighted by Crippen LogP contribution is 2.42. The number of hydrogen-bond acceptors (Lipinski definition) is 7. The van der Waals surface area contributed by atoms with Crippen LogP contribution >= 0.6 is 0 Å². The molecule has 10 nitrogen and oxygen atoms in total. The molecule has 0 spiro atoms. The first-order chi connectivity index (χ1) is 17.6. The minimum Gasteiger partial charge on any atom is -0.490 e. The van der Waals surface area contributed by atoms with Gasteiger partial charge in [-0.25, -0.2) is 14.8 Å². The van der Waals surface area contributed by atoms with Crippen LogP contribution in [-0.4, -0.2) is 90.3 Å². The molecule has 0 bridgehead atoms. The summed E-state index contributed by atoms with van der Waals surface area (Å²) >= 11 is 0. The van der Waals surface area contributed by atoms with Gasteiger partial charge in [0.05, 0.1) is 18.8 Å². The first-order valence-electron chi connectivity index (χ1n) is 12.7. The largest absolute Gasteiger partial charge is 0.490 e. The average molecular weight is 502 g/mol. The predicted octanol–water partition coefficient (Wildman–Crippen LogP) is 4.31. The van der Waals surface area contributed by atoms with Crippen molar-refractivity contribution >= 4 is 22.9 Å². The summed E-state index contributed by atoms with van der Waals surface area (Å²) in [6, 6.07) is 5.33. The third-order valence-electron chi connectivity index (χ3n) is 6.25. The highest BCUT2D eigenvalue weighted by Gasteiger charge is 2.27. The molecule has 0 atom stereocenters. The molecule has 0 radical (unpaired) electrons. The third kappa shape index (κ3) is 6.24. The number of fused-ring (bicyclic) bond motifs is 1. The number of hydrogen-bond donors (Lipinski definition) is 3. The van der Waals surface area contributed by atoms with Crippen LogP contribution in [0.1, 0.15) is 31.0 Å². The zero-order valence-corrected chi connectivity index (χ0v) is 21.6. The average Bonchev–Trinajstić information content (AvgIpc) is 3.62. The molecule has 3 aromatic rings. The van der Waals surface area contributed by atoms with Crippen molar-refractivity contribution in [2.75, 3.05) is 58.7 Å². The number of anilines is 1. The summed E-state index contributed by atoms with van der Waals surface area (Å²) in [6.07, 6.45) is 5.94. The topological polar surface area (TPSA) is 108 Å². The highest BCUT2D eigenvalue weighted by atomic mass is 16.5. The Hall–Kier alpha value is -3.37. The number of likely N-dealkylation sites (N-methyl/N-ethyl adjacent to an activating group) is 1. The lowest BCUT2D eigenvalue weighted by Gasteiger charge is -2.32. The van der Waals surface area contributed by atoms with Gasteiger partial charge in [0.15, 0.2) is 0 Å². The number of rotatable bonds is 8. The number of amides is 2. The molecular formula is C26H43N7O3. The van der Waals surface area contributed by atoms with Crippen LogP contribution in [-0.2, 0) is 0 Å². The second-order valence-electron chi connectivity index (χ2n) is 8.83. The number of nitrogens with zero attached hydrogens (tertiary/aromatic N) is 4. The number of urea groups is 1. The Morgan fingerprint density at radius 3 is 2.69 bits per heavy atom. The maximum absolute atomic E-state index is 12.4. The Labute approximate surface area is 216 Å². The van der Waals surface area contributed by atoms with Gasteiger partial charge in [-0.2, -0.15) is 0 Å². The van der Waals surface area contributed by atoms with Crippen LogP contribution in [0.15, 0.2) is 30.6 Å². The number of methoxy groups -OCH3 is 1. The van der Waals surface area contributed by atoms with Crippen molar-refractivity contribution in [2.24, 2.45) is 0 Å². The first kappa shape index (κ1) is 25.7. The fourth-order valence-corrected chi connectivity index (χ4v) is 4.13. The van der Waals surface area contributed by atoms with E-state index in [0.717, 1.165) is 67.8 Å². The first-order valence-corrected chi connectivity index (χ1v) is 12.7. The molecule has 36 heavy (non-hydrogen) atoms. The van der Waals surface area contributed by atoms with Crippen LogP contribution in [0.3, 0.4) is 0 Å². The zero-order chi connectivity index (χ0) is 25.5. The number of carbonyl (C=O) groups excluding carboxylic acids is 1.